The number of hydrogen-bond donors (Lipinski definition) is 0. The highest BCUT2D eigenvalue weighted by atomic mass is 15.0. The molecule has 0 saturated heterocycles. The lowest BCUT2D eigenvalue weighted by Gasteiger charge is -2.12. The third kappa shape index (κ3) is 3.15. The number of aryl methyl sites for hydroxylation is 2. The fraction of sp³-hybridized carbons (Fsp3) is 0.538. The third-order valence-corrected chi connectivity index (χ3v) is 2.68. The lowest BCUT2D eigenvalue weighted by atomic mass is 9.99. The van der Waals surface area contributed by atoms with Crippen molar-refractivity contribution in [3.63, 3.8) is 0 Å². The Hall–Kier alpha value is -0.820. The number of nitrogens with zero attached hydrogens (tertiary/aromatic N) is 1. The van der Waals surface area contributed by atoms with Gasteiger partial charge in [0.15, 0.2) is 0 Å². The fourth-order valence-electron chi connectivity index (χ4n) is 1.82. The topological polar surface area (TPSA) is 3.24 Å². The Kier molecular flexibility index (Phi) is 4.15. The van der Waals surface area contributed by atoms with E-state index in [9.17, 15) is 0 Å². The van der Waals surface area contributed by atoms with E-state index in [-0.39, 0.29) is 0 Å². The van der Waals surface area contributed by atoms with Gasteiger partial charge < -0.3 is 4.90 Å². The quantitative estimate of drug-likeness (QED) is 0.707. The molecule has 1 rings (SSSR count). The van der Waals surface area contributed by atoms with Crippen LogP contribution in [0.3, 0.4) is 0 Å². The van der Waals surface area contributed by atoms with Crippen LogP contribution in [-0.4, -0.2) is 25.5 Å². The molecular formula is C13H21N. The number of hydrogen-bond acceptors (Lipinski definition) is 1. The lowest BCUT2D eigenvalue weighted by molar-refractivity contribution is 0.400. The van der Waals surface area contributed by atoms with Gasteiger partial charge in [0.2, 0.25) is 0 Å². The van der Waals surface area contributed by atoms with Crippen LogP contribution in [0.25, 0.3) is 0 Å². The molecule has 0 atom stereocenters. The molecule has 0 radical (unpaired) electrons. The summed E-state index contributed by atoms with van der Waals surface area (Å²) in [5.74, 6) is 0. The maximum Gasteiger partial charge on any atom is -0.00217 e. The number of rotatable bonds is 4. The van der Waals surface area contributed by atoms with Crippen LogP contribution in [-0.2, 0) is 6.42 Å². The lowest BCUT2D eigenvalue weighted by Crippen LogP contribution is -2.13. The van der Waals surface area contributed by atoms with Gasteiger partial charge in [-0.15, -0.1) is 0 Å². The zero-order chi connectivity index (χ0) is 10.6. The maximum absolute atomic E-state index is 2.24. The van der Waals surface area contributed by atoms with Crippen molar-refractivity contribution in [3.05, 3.63) is 34.9 Å². The predicted molar refractivity (Wildman–Crippen MR) is 62.8 cm³/mol. The minimum atomic E-state index is 1.17. The zero-order valence-corrected chi connectivity index (χ0v) is 9.80. The fourth-order valence-corrected chi connectivity index (χ4v) is 1.82. The van der Waals surface area contributed by atoms with Crippen LogP contribution in [0.2, 0.25) is 0 Å². The van der Waals surface area contributed by atoms with Crippen molar-refractivity contribution < 1.29 is 0 Å². The largest absolute Gasteiger partial charge is 0.309 e. The average Bonchev–Trinajstić information content (AvgIpc) is 2.09. The molecule has 0 saturated carbocycles. The summed E-state index contributed by atoms with van der Waals surface area (Å²) >= 11 is 0. The molecule has 78 valence electrons. The summed E-state index contributed by atoms with van der Waals surface area (Å²) in [6.07, 6.45) is 2.45. The summed E-state index contributed by atoms with van der Waals surface area (Å²) in [5.41, 5.74) is 4.40. The highest BCUT2D eigenvalue weighted by molar-refractivity contribution is 5.33. The second-order valence-electron chi connectivity index (χ2n) is 4.28. The SMILES string of the molecule is Cc1cccc(C)c1CCCN(C)C. The Balaban J connectivity index is 2.58. The Morgan fingerprint density at radius 2 is 1.64 bits per heavy atom. The molecule has 0 amide bonds. The van der Waals surface area contributed by atoms with Crippen molar-refractivity contribution >= 4 is 0 Å². The molecule has 1 heteroatoms. The van der Waals surface area contributed by atoms with Crippen LogP contribution >= 0.6 is 0 Å². The minimum absolute atomic E-state index is 1.17. The molecule has 0 bridgehead atoms. The summed E-state index contributed by atoms with van der Waals surface area (Å²) in [5, 5.41) is 0. The minimum Gasteiger partial charge on any atom is -0.309 e. The van der Waals surface area contributed by atoms with E-state index in [1.165, 1.54) is 36.1 Å². The van der Waals surface area contributed by atoms with Crippen LogP contribution in [0.1, 0.15) is 23.1 Å². The summed E-state index contributed by atoms with van der Waals surface area (Å²) in [6.45, 7) is 5.59. The summed E-state index contributed by atoms with van der Waals surface area (Å²) in [4.78, 5) is 2.24. The van der Waals surface area contributed by atoms with Gasteiger partial charge in [0.05, 0.1) is 0 Å². The van der Waals surface area contributed by atoms with E-state index >= 15 is 0 Å². The molecular weight excluding hydrogens is 170 g/mol. The third-order valence-electron chi connectivity index (χ3n) is 2.68. The van der Waals surface area contributed by atoms with Gasteiger partial charge in [0.1, 0.15) is 0 Å². The molecule has 1 aromatic rings. The summed E-state index contributed by atoms with van der Waals surface area (Å²) in [7, 11) is 4.26. The number of benzene rings is 1. The molecule has 0 N–H and O–H groups in total. The monoisotopic (exact) mass is 191 g/mol. The second kappa shape index (κ2) is 5.16. The van der Waals surface area contributed by atoms with Crippen LogP contribution in [0.5, 0.6) is 0 Å². The molecule has 0 heterocycles. The maximum atomic E-state index is 2.24. The molecule has 0 aliphatic heterocycles. The molecule has 1 aromatic carbocycles. The Bertz CT molecular complexity index is 269. The van der Waals surface area contributed by atoms with Crippen LogP contribution in [0, 0.1) is 13.8 Å². The van der Waals surface area contributed by atoms with E-state index in [1.54, 1.807) is 0 Å². The van der Waals surface area contributed by atoms with Crippen molar-refractivity contribution in [2.45, 2.75) is 26.7 Å². The van der Waals surface area contributed by atoms with E-state index in [0.29, 0.717) is 0 Å². The highest BCUT2D eigenvalue weighted by Gasteiger charge is 2.01. The second-order valence-corrected chi connectivity index (χ2v) is 4.28. The van der Waals surface area contributed by atoms with Crippen molar-refractivity contribution in [3.8, 4) is 0 Å². The van der Waals surface area contributed by atoms with Gasteiger partial charge >= 0.3 is 0 Å². The standard InChI is InChI=1S/C13H21N/c1-11-7-5-8-12(2)13(11)9-6-10-14(3)4/h5,7-8H,6,9-10H2,1-4H3. The van der Waals surface area contributed by atoms with Crippen LogP contribution in [0.15, 0.2) is 18.2 Å². The van der Waals surface area contributed by atoms with Crippen molar-refractivity contribution in [2.75, 3.05) is 20.6 Å². The van der Waals surface area contributed by atoms with Gasteiger partial charge in [-0.3, -0.25) is 0 Å². The first-order chi connectivity index (χ1) is 6.61. The van der Waals surface area contributed by atoms with Crippen molar-refractivity contribution in [1.82, 2.24) is 4.90 Å². The Labute approximate surface area is 87.7 Å². The van der Waals surface area contributed by atoms with Crippen LogP contribution < -0.4 is 0 Å². The first-order valence-electron chi connectivity index (χ1n) is 5.31. The Morgan fingerprint density at radius 3 is 2.14 bits per heavy atom. The van der Waals surface area contributed by atoms with E-state index < -0.39 is 0 Å². The van der Waals surface area contributed by atoms with E-state index in [2.05, 4.69) is 51.0 Å². The van der Waals surface area contributed by atoms with Gasteiger partial charge in [0.25, 0.3) is 0 Å². The van der Waals surface area contributed by atoms with Gasteiger partial charge in [-0.1, -0.05) is 18.2 Å². The van der Waals surface area contributed by atoms with E-state index in [0.717, 1.165) is 0 Å². The highest BCUT2D eigenvalue weighted by Crippen LogP contribution is 2.15. The molecule has 0 aliphatic carbocycles. The molecule has 0 spiro atoms. The first-order valence-corrected chi connectivity index (χ1v) is 5.31. The predicted octanol–water partition coefficient (Wildman–Crippen LogP) is 2.80. The molecule has 0 unspecified atom stereocenters. The molecule has 0 aromatic heterocycles. The zero-order valence-electron chi connectivity index (χ0n) is 9.80. The van der Waals surface area contributed by atoms with E-state index in [4.69, 9.17) is 0 Å². The van der Waals surface area contributed by atoms with Gasteiger partial charge in [-0.25, -0.2) is 0 Å². The van der Waals surface area contributed by atoms with Crippen LogP contribution in [0.4, 0.5) is 0 Å². The first kappa shape index (κ1) is 11.3. The normalized spacial score (nSPS) is 10.9. The average molecular weight is 191 g/mol. The van der Waals surface area contributed by atoms with E-state index in [1.807, 2.05) is 0 Å². The van der Waals surface area contributed by atoms with Crippen molar-refractivity contribution in [1.29, 1.82) is 0 Å². The molecule has 0 fully saturated rings. The Morgan fingerprint density at radius 1 is 1.07 bits per heavy atom. The smallest absolute Gasteiger partial charge is 0.00217 e. The molecule has 0 aliphatic rings. The summed E-state index contributed by atoms with van der Waals surface area (Å²) in [6, 6.07) is 6.55. The van der Waals surface area contributed by atoms with Gasteiger partial charge in [-0.2, -0.15) is 0 Å². The van der Waals surface area contributed by atoms with Gasteiger partial charge in [-0.05, 0) is 64.0 Å². The van der Waals surface area contributed by atoms with Gasteiger partial charge in [0, 0.05) is 0 Å². The van der Waals surface area contributed by atoms with Crippen molar-refractivity contribution in [2.24, 2.45) is 0 Å². The summed E-state index contributed by atoms with van der Waals surface area (Å²) < 4.78 is 0. The molecule has 1 nitrogen and oxygen atoms in total. The molecule has 14 heavy (non-hydrogen) atoms.